The van der Waals surface area contributed by atoms with E-state index >= 15 is 0 Å². The van der Waals surface area contributed by atoms with Crippen molar-refractivity contribution in [2.75, 3.05) is 5.32 Å². The summed E-state index contributed by atoms with van der Waals surface area (Å²) < 4.78 is 18.8. The standard InChI is InChI=1S/C23H16FN3O4/c1-14-2-5-18(24)12-21(14)16-4-3-15-11-22(25-13-17(15)10-16)26-23(28)31-20-8-6-19(7-9-20)27(29)30/h2-13H,1H3,(H,25,26,28). The second-order valence-corrected chi connectivity index (χ2v) is 6.86. The van der Waals surface area contributed by atoms with Gasteiger partial charge in [0.1, 0.15) is 17.4 Å². The Morgan fingerprint density at radius 1 is 1.03 bits per heavy atom. The van der Waals surface area contributed by atoms with E-state index in [-0.39, 0.29) is 23.1 Å². The summed E-state index contributed by atoms with van der Waals surface area (Å²) in [6.45, 7) is 1.92. The number of aryl methyl sites for hydroxylation is 1. The maximum atomic E-state index is 13.6. The van der Waals surface area contributed by atoms with Crippen molar-refractivity contribution in [1.82, 2.24) is 4.98 Å². The summed E-state index contributed by atoms with van der Waals surface area (Å²) in [7, 11) is 0. The summed E-state index contributed by atoms with van der Waals surface area (Å²) in [6.07, 6.45) is 0.835. The van der Waals surface area contributed by atoms with Crippen molar-refractivity contribution in [2.45, 2.75) is 6.92 Å². The lowest BCUT2D eigenvalue weighted by molar-refractivity contribution is -0.384. The van der Waals surface area contributed by atoms with E-state index in [1.54, 1.807) is 18.3 Å². The Labute approximate surface area is 176 Å². The van der Waals surface area contributed by atoms with E-state index in [0.29, 0.717) is 0 Å². The van der Waals surface area contributed by atoms with Crippen LogP contribution >= 0.6 is 0 Å². The number of nitro groups is 1. The number of amides is 1. The van der Waals surface area contributed by atoms with Crippen LogP contribution in [0.1, 0.15) is 5.56 Å². The number of nitro benzene ring substituents is 1. The van der Waals surface area contributed by atoms with Gasteiger partial charge in [-0.15, -0.1) is 0 Å². The molecule has 1 aromatic heterocycles. The summed E-state index contributed by atoms with van der Waals surface area (Å²) >= 11 is 0. The molecule has 154 valence electrons. The zero-order chi connectivity index (χ0) is 22.0. The molecular weight excluding hydrogens is 401 g/mol. The highest BCUT2D eigenvalue weighted by Gasteiger charge is 2.10. The van der Waals surface area contributed by atoms with E-state index in [1.165, 1.54) is 36.4 Å². The average Bonchev–Trinajstić information content (AvgIpc) is 2.75. The van der Waals surface area contributed by atoms with E-state index in [2.05, 4.69) is 10.3 Å². The molecule has 0 aliphatic rings. The molecule has 1 N–H and O–H groups in total. The highest BCUT2D eigenvalue weighted by Crippen LogP contribution is 2.28. The number of nitrogens with zero attached hydrogens (tertiary/aromatic N) is 2. The van der Waals surface area contributed by atoms with Gasteiger partial charge in [0.2, 0.25) is 0 Å². The molecule has 0 radical (unpaired) electrons. The zero-order valence-electron chi connectivity index (χ0n) is 16.3. The number of hydrogen-bond donors (Lipinski definition) is 1. The van der Waals surface area contributed by atoms with Gasteiger partial charge in [-0.25, -0.2) is 14.2 Å². The van der Waals surface area contributed by atoms with E-state index in [9.17, 15) is 19.3 Å². The van der Waals surface area contributed by atoms with E-state index in [4.69, 9.17) is 4.74 Å². The van der Waals surface area contributed by atoms with E-state index in [1.807, 2.05) is 25.1 Å². The van der Waals surface area contributed by atoms with Crippen LogP contribution in [-0.2, 0) is 0 Å². The van der Waals surface area contributed by atoms with Crippen LogP contribution in [0.2, 0.25) is 0 Å². The fraction of sp³-hybridized carbons (Fsp3) is 0.0435. The number of hydrogen-bond acceptors (Lipinski definition) is 5. The normalized spacial score (nSPS) is 10.6. The molecule has 0 unspecified atom stereocenters. The second-order valence-electron chi connectivity index (χ2n) is 6.86. The lowest BCUT2D eigenvalue weighted by atomic mass is 9.98. The number of carbonyl (C=O) groups excluding carboxylic acids is 1. The molecule has 0 fully saturated rings. The molecule has 4 aromatic rings. The molecule has 0 saturated heterocycles. The molecule has 31 heavy (non-hydrogen) atoms. The summed E-state index contributed by atoms with van der Waals surface area (Å²) in [6, 6.07) is 17.1. The molecule has 0 saturated carbocycles. The number of non-ortho nitro benzene ring substituents is 1. The first-order valence-corrected chi connectivity index (χ1v) is 9.29. The van der Waals surface area contributed by atoms with Gasteiger partial charge in [0, 0.05) is 23.7 Å². The predicted molar refractivity (Wildman–Crippen MR) is 115 cm³/mol. The monoisotopic (exact) mass is 417 g/mol. The number of nitrogens with one attached hydrogen (secondary N) is 1. The molecule has 1 amide bonds. The van der Waals surface area contributed by atoms with Gasteiger partial charge in [0.25, 0.3) is 5.69 Å². The number of halogens is 1. The maximum absolute atomic E-state index is 13.6. The molecular formula is C23H16FN3O4. The topological polar surface area (TPSA) is 94.4 Å². The van der Waals surface area contributed by atoms with Crippen molar-refractivity contribution >= 4 is 28.4 Å². The Morgan fingerprint density at radius 2 is 1.81 bits per heavy atom. The highest BCUT2D eigenvalue weighted by molar-refractivity contribution is 5.92. The molecule has 0 aliphatic carbocycles. The number of anilines is 1. The molecule has 0 bridgehead atoms. The number of carbonyl (C=O) groups is 1. The average molecular weight is 417 g/mol. The van der Waals surface area contributed by atoms with Gasteiger partial charge in [-0.3, -0.25) is 15.4 Å². The first-order chi connectivity index (χ1) is 14.9. The van der Waals surface area contributed by atoms with Gasteiger partial charge >= 0.3 is 6.09 Å². The van der Waals surface area contributed by atoms with Crippen LogP contribution in [0.25, 0.3) is 21.9 Å². The van der Waals surface area contributed by atoms with Crippen LogP contribution in [0.3, 0.4) is 0 Å². The van der Waals surface area contributed by atoms with Gasteiger partial charge in [0.15, 0.2) is 0 Å². The van der Waals surface area contributed by atoms with Crippen molar-refractivity contribution < 1.29 is 18.8 Å². The molecule has 0 aliphatic heterocycles. The Morgan fingerprint density at radius 3 is 2.55 bits per heavy atom. The lowest BCUT2D eigenvalue weighted by Crippen LogP contribution is -2.17. The third kappa shape index (κ3) is 4.48. The minimum absolute atomic E-state index is 0.100. The van der Waals surface area contributed by atoms with Gasteiger partial charge < -0.3 is 4.74 Å². The highest BCUT2D eigenvalue weighted by atomic mass is 19.1. The molecule has 7 nitrogen and oxygen atoms in total. The van der Waals surface area contributed by atoms with Crippen molar-refractivity contribution in [3.63, 3.8) is 0 Å². The summed E-state index contributed by atoms with van der Waals surface area (Å²) in [4.78, 5) is 26.5. The molecule has 3 aromatic carbocycles. The molecule has 1 heterocycles. The third-order valence-electron chi connectivity index (χ3n) is 4.72. The van der Waals surface area contributed by atoms with Gasteiger partial charge in [-0.05, 0) is 65.4 Å². The van der Waals surface area contributed by atoms with Crippen LogP contribution in [0.15, 0.2) is 72.9 Å². The Bertz CT molecular complexity index is 1310. The lowest BCUT2D eigenvalue weighted by Gasteiger charge is -2.09. The predicted octanol–water partition coefficient (Wildman–Crippen LogP) is 5.87. The fourth-order valence-corrected chi connectivity index (χ4v) is 3.16. The van der Waals surface area contributed by atoms with Gasteiger partial charge in [-0.2, -0.15) is 0 Å². The number of pyridine rings is 1. The van der Waals surface area contributed by atoms with E-state index < -0.39 is 11.0 Å². The summed E-state index contributed by atoms with van der Waals surface area (Å²) in [5, 5.41) is 14.9. The zero-order valence-corrected chi connectivity index (χ0v) is 16.3. The minimum atomic E-state index is -0.771. The van der Waals surface area contributed by atoms with E-state index in [0.717, 1.165) is 27.5 Å². The van der Waals surface area contributed by atoms with Crippen molar-refractivity contribution in [3.8, 4) is 16.9 Å². The third-order valence-corrected chi connectivity index (χ3v) is 4.72. The van der Waals surface area contributed by atoms with Crippen LogP contribution in [-0.4, -0.2) is 16.0 Å². The second kappa shape index (κ2) is 8.19. The Hall–Kier alpha value is -4.33. The number of aromatic nitrogens is 1. The van der Waals surface area contributed by atoms with Crippen LogP contribution in [0.5, 0.6) is 5.75 Å². The number of rotatable bonds is 4. The van der Waals surface area contributed by atoms with Gasteiger partial charge in [0.05, 0.1) is 4.92 Å². The van der Waals surface area contributed by atoms with Gasteiger partial charge in [-0.1, -0.05) is 18.2 Å². The first-order valence-electron chi connectivity index (χ1n) is 9.29. The maximum Gasteiger partial charge on any atom is 0.418 e. The largest absolute Gasteiger partial charge is 0.418 e. The first kappa shape index (κ1) is 20.0. The smallest absolute Gasteiger partial charge is 0.410 e. The molecule has 4 rings (SSSR count). The van der Waals surface area contributed by atoms with Crippen molar-refractivity contribution in [1.29, 1.82) is 0 Å². The quantitative estimate of drug-likeness (QED) is 0.331. The van der Waals surface area contributed by atoms with Crippen LogP contribution < -0.4 is 10.1 Å². The summed E-state index contributed by atoms with van der Waals surface area (Å²) in [5.74, 6) is 0.151. The summed E-state index contributed by atoms with van der Waals surface area (Å²) in [5.41, 5.74) is 2.53. The molecule has 0 atom stereocenters. The fourth-order valence-electron chi connectivity index (χ4n) is 3.16. The SMILES string of the molecule is Cc1ccc(F)cc1-c1ccc2cc(NC(=O)Oc3ccc([N+](=O)[O-])cc3)ncc2c1. The van der Waals surface area contributed by atoms with Crippen LogP contribution in [0, 0.1) is 22.9 Å². The number of ether oxygens (including phenoxy) is 1. The molecule has 8 heteroatoms. The number of benzene rings is 3. The molecule has 0 spiro atoms. The Kier molecular flexibility index (Phi) is 5.28. The number of fused-ring (bicyclic) bond motifs is 1. The van der Waals surface area contributed by atoms with Crippen molar-refractivity contribution in [2.24, 2.45) is 0 Å². The van der Waals surface area contributed by atoms with Crippen LogP contribution in [0.4, 0.5) is 20.7 Å². The van der Waals surface area contributed by atoms with Crippen molar-refractivity contribution in [3.05, 3.63) is 94.4 Å². The Balaban J connectivity index is 1.50. The minimum Gasteiger partial charge on any atom is -0.410 e.